The third-order valence-electron chi connectivity index (χ3n) is 5.34. The second kappa shape index (κ2) is 9.07. The van der Waals surface area contributed by atoms with Gasteiger partial charge in [0.05, 0.1) is 19.4 Å². The van der Waals surface area contributed by atoms with Crippen LogP contribution in [0.15, 0.2) is 65.9 Å². The molecule has 1 aliphatic heterocycles. The van der Waals surface area contributed by atoms with E-state index in [9.17, 15) is 0 Å². The summed E-state index contributed by atoms with van der Waals surface area (Å²) in [7, 11) is 0. The molecule has 0 saturated carbocycles. The molecule has 3 heterocycles. The minimum atomic E-state index is 0.618. The lowest BCUT2D eigenvalue weighted by Gasteiger charge is -2.27. The number of anilines is 4. The monoisotopic (exact) mass is 427 g/mol. The number of morpholine rings is 1. The molecular weight excluding hydrogens is 402 g/mol. The summed E-state index contributed by atoms with van der Waals surface area (Å²) >= 11 is 0. The number of nitrogens with one attached hydrogen (secondary N) is 3. The molecule has 5 rings (SSSR count). The van der Waals surface area contributed by atoms with E-state index in [1.165, 1.54) is 5.56 Å². The predicted molar refractivity (Wildman–Crippen MR) is 129 cm³/mol. The lowest BCUT2D eigenvalue weighted by atomic mass is 10.2. The zero-order chi connectivity index (χ0) is 21.8. The molecule has 0 bridgehead atoms. The Hall–Kier alpha value is -3.91. The highest BCUT2D eigenvalue weighted by atomic mass is 16.5. The Morgan fingerprint density at radius 3 is 2.66 bits per heavy atom. The van der Waals surface area contributed by atoms with E-state index >= 15 is 0 Å². The van der Waals surface area contributed by atoms with E-state index in [2.05, 4.69) is 55.8 Å². The summed E-state index contributed by atoms with van der Waals surface area (Å²) in [5, 5.41) is 8.92. The van der Waals surface area contributed by atoms with Crippen molar-refractivity contribution >= 4 is 40.4 Å². The predicted octanol–water partition coefficient (Wildman–Crippen LogP) is 4.29. The van der Waals surface area contributed by atoms with Gasteiger partial charge in [0.1, 0.15) is 5.82 Å². The summed E-state index contributed by atoms with van der Waals surface area (Å²) in [6.45, 7) is 4.91. The number of fused-ring (bicyclic) bond motifs is 1. The highest BCUT2D eigenvalue weighted by Gasteiger charge is 2.16. The maximum absolute atomic E-state index is 5.47. The summed E-state index contributed by atoms with van der Waals surface area (Å²) in [5.41, 5.74) is 7.33. The van der Waals surface area contributed by atoms with Crippen molar-refractivity contribution in [3.63, 3.8) is 0 Å². The van der Waals surface area contributed by atoms with Gasteiger partial charge in [-0.2, -0.15) is 15.1 Å². The molecule has 8 nitrogen and oxygen atoms in total. The molecule has 4 aromatic rings. The summed E-state index contributed by atoms with van der Waals surface area (Å²) in [6.07, 6.45) is 3.74. The lowest BCUT2D eigenvalue weighted by Crippen LogP contribution is -2.37. The van der Waals surface area contributed by atoms with Crippen LogP contribution in [0.4, 0.5) is 23.3 Å². The maximum atomic E-state index is 5.47. The molecule has 1 fully saturated rings. The highest BCUT2D eigenvalue weighted by Crippen LogP contribution is 2.22. The molecule has 0 unspecified atom stereocenters. The van der Waals surface area contributed by atoms with E-state index in [1.807, 2.05) is 42.6 Å². The van der Waals surface area contributed by atoms with Gasteiger partial charge >= 0.3 is 0 Å². The van der Waals surface area contributed by atoms with Crippen LogP contribution in [0.5, 0.6) is 0 Å². The summed E-state index contributed by atoms with van der Waals surface area (Å²) < 4.78 is 5.47. The molecule has 2 aromatic carbocycles. The number of ether oxygens (including phenoxy) is 1. The Balaban J connectivity index is 1.40. The van der Waals surface area contributed by atoms with Crippen LogP contribution in [-0.2, 0) is 4.74 Å². The van der Waals surface area contributed by atoms with Crippen molar-refractivity contribution in [2.45, 2.75) is 6.92 Å². The zero-order valence-electron chi connectivity index (χ0n) is 17.9. The molecule has 2 aromatic heterocycles. The van der Waals surface area contributed by atoms with Crippen LogP contribution < -0.4 is 15.6 Å². The first-order valence-electron chi connectivity index (χ1n) is 10.7. The van der Waals surface area contributed by atoms with Gasteiger partial charge in [-0.1, -0.05) is 35.9 Å². The van der Waals surface area contributed by atoms with Crippen molar-refractivity contribution < 1.29 is 4.74 Å². The van der Waals surface area contributed by atoms with Gasteiger partial charge in [-0.25, -0.2) is 0 Å². The summed E-state index contributed by atoms with van der Waals surface area (Å²) in [6, 6.07) is 18.2. The number of benzene rings is 2. The van der Waals surface area contributed by atoms with Crippen molar-refractivity contribution in [3.05, 3.63) is 71.9 Å². The van der Waals surface area contributed by atoms with Crippen molar-refractivity contribution in [1.82, 2.24) is 15.0 Å². The van der Waals surface area contributed by atoms with Gasteiger partial charge in [-0.15, -0.1) is 0 Å². The number of aryl methyl sites for hydroxylation is 1. The normalized spacial score (nSPS) is 14.2. The Kier molecular flexibility index (Phi) is 5.67. The van der Waals surface area contributed by atoms with Gasteiger partial charge < -0.3 is 19.9 Å². The van der Waals surface area contributed by atoms with Crippen molar-refractivity contribution in [2.75, 3.05) is 41.9 Å². The third-order valence-corrected chi connectivity index (χ3v) is 5.34. The van der Waals surface area contributed by atoms with E-state index in [0.717, 1.165) is 35.2 Å². The molecule has 8 heteroatoms. The molecule has 0 radical (unpaired) electrons. The quantitative estimate of drug-likeness (QED) is 0.314. The summed E-state index contributed by atoms with van der Waals surface area (Å²) in [4.78, 5) is 14.8. The largest absolute Gasteiger partial charge is 0.378 e. The van der Waals surface area contributed by atoms with Crippen LogP contribution in [-0.4, -0.2) is 47.5 Å². The molecule has 162 valence electrons. The Morgan fingerprint density at radius 1 is 1.03 bits per heavy atom. The van der Waals surface area contributed by atoms with Crippen LogP contribution >= 0.6 is 0 Å². The minimum Gasteiger partial charge on any atom is -0.378 e. The molecule has 32 heavy (non-hydrogen) atoms. The van der Waals surface area contributed by atoms with Crippen LogP contribution in [0.3, 0.4) is 0 Å². The maximum Gasteiger partial charge on any atom is 0.229 e. The first kappa shape index (κ1) is 20.0. The summed E-state index contributed by atoms with van der Waals surface area (Å²) in [5.74, 6) is 1.97. The zero-order valence-corrected chi connectivity index (χ0v) is 17.9. The first-order chi connectivity index (χ1) is 15.7. The van der Waals surface area contributed by atoms with E-state index in [4.69, 9.17) is 9.72 Å². The van der Waals surface area contributed by atoms with E-state index in [1.54, 1.807) is 6.21 Å². The van der Waals surface area contributed by atoms with E-state index < -0.39 is 0 Å². The minimum absolute atomic E-state index is 0.618. The van der Waals surface area contributed by atoms with Crippen molar-refractivity contribution in [3.8, 4) is 0 Å². The average molecular weight is 428 g/mol. The highest BCUT2D eigenvalue weighted by molar-refractivity contribution is 5.99. The Bertz CT molecular complexity index is 1230. The van der Waals surface area contributed by atoms with Gasteiger partial charge in [0.2, 0.25) is 5.95 Å². The molecule has 1 aliphatic rings. The number of aromatic amines is 1. The Labute approximate surface area is 186 Å². The molecule has 1 saturated heterocycles. The topological polar surface area (TPSA) is 90.5 Å². The number of H-pyrrole nitrogens is 1. The fourth-order valence-corrected chi connectivity index (χ4v) is 3.61. The van der Waals surface area contributed by atoms with Gasteiger partial charge in [0, 0.05) is 47.5 Å². The smallest absolute Gasteiger partial charge is 0.229 e. The first-order valence-corrected chi connectivity index (χ1v) is 10.7. The van der Waals surface area contributed by atoms with Crippen LogP contribution in [0.25, 0.3) is 10.9 Å². The van der Waals surface area contributed by atoms with Crippen LogP contribution in [0, 0.1) is 6.92 Å². The van der Waals surface area contributed by atoms with Crippen molar-refractivity contribution in [2.24, 2.45) is 5.10 Å². The van der Waals surface area contributed by atoms with E-state index in [0.29, 0.717) is 30.8 Å². The second-order valence-electron chi connectivity index (χ2n) is 7.69. The fourth-order valence-electron chi connectivity index (χ4n) is 3.61. The number of hydrazone groups is 1. The number of nitrogens with zero attached hydrogens (tertiary/aromatic N) is 4. The van der Waals surface area contributed by atoms with Gasteiger partial charge in [-0.3, -0.25) is 5.43 Å². The van der Waals surface area contributed by atoms with Gasteiger partial charge in [-0.05, 0) is 25.1 Å². The van der Waals surface area contributed by atoms with Crippen LogP contribution in [0.1, 0.15) is 11.1 Å². The fraction of sp³-hybridized carbons (Fsp3) is 0.208. The molecule has 0 aliphatic carbocycles. The number of rotatable bonds is 6. The number of aromatic nitrogens is 3. The molecule has 3 N–H and O–H groups in total. The Morgan fingerprint density at radius 2 is 1.81 bits per heavy atom. The number of para-hydroxylation sites is 1. The SMILES string of the molecule is Cc1ccc(Nc2cc(N/N=C/c3c[nH]c4ccccc34)nc(N3CCOCC3)n2)cc1. The molecule has 0 atom stereocenters. The number of hydrogen-bond acceptors (Lipinski definition) is 7. The van der Waals surface area contributed by atoms with Gasteiger partial charge in [0.25, 0.3) is 0 Å². The van der Waals surface area contributed by atoms with Crippen LogP contribution in [0.2, 0.25) is 0 Å². The lowest BCUT2D eigenvalue weighted by molar-refractivity contribution is 0.122. The molecule has 0 spiro atoms. The van der Waals surface area contributed by atoms with Crippen molar-refractivity contribution in [1.29, 1.82) is 0 Å². The third kappa shape index (κ3) is 4.55. The molecule has 0 amide bonds. The second-order valence-corrected chi connectivity index (χ2v) is 7.69. The standard InChI is InChI=1S/C24H25N7O/c1-17-6-8-19(9-7-17)27-22-14-23(29-24(28-22)31-10-12-32-13-11-31)30-26-16-18-15-25-21-5-3-2-4-20(18)21/h2-9,14-16,25H,10-13H2,1H3,(H2,27,28,29,30)/b26-16+. The van der Waals surface area contributed by atoms with E-state index in [-0.39, 0.29) is 0 Å². The average Bonchev–Trinajstić information content (AvgIpc) is 3.24. The van der Waals surface area contributed by atoms with Gasteiger partial charge in [0.15, 0.2) is 5.82 Å². The molecular formula is C24H25N7O. The number of hydrogen-bond donors (Lipinski definition) is 3.